The maximum atomic E-state index is 13.8. The molecule has 0 aliphatic rings. The van der Waals surface area contributed by atoms with Crippen molar-refractivity contribution in [1.29, 1.82) is 0 Å². The van der Waals surface area contributed by atoms with Crippen LogP contribution in [0.2, 0.25) is 15.1 Å². The maximum absolute atomic E-state index is 13.8. The van der Waals surface area contributed by atoms with Gasteiger partial charge in [0.1, 0.15) is 5.82 Å². The molecule has 0 saturated carbocycles. The number of nitrogens with zero attached hydrogens (tertiary/aromatic N) is 1. The zero-order valence-electron chi connectivity index (χ0n) is 9.18. The molecule has 0 bridgehead atoms. The van der Waals surface area contributed by atoms with Crippen molar-refractivity contribution in [2.75, 3.05) is 7.11 Å². The molecule has 0 radical (unpaired) electrons. The van der Waals surface area contributed by atoms with E-state index in [1.54, 1.807) is 12.1 Å². The van der Waals surface area contributed by atoms with Gasteiger partial charge in [0, 0.05) is 17.2 Å². The van der Waals surface area contributed by atoms with Crippen molar-refractivity contribution in [1.82, 2.24) is 4.98 Å². The highest BCUT2D eigenvalue weighted by Gasteiger charge is 2.16. The van der Waals surface area contributed by atoms with E-state index in [2.05, 4.69) is 4.98 Å². The zero-order valence-corrected chi connectivity index (χ0v) is 11.4. The first-order chi connectivity index (χ1) is 8.54. The van der Waals surface area contributed by atoms with Crippen LogP contribution in [0.1, 0.15) is 0 Å². The fourth-order valence-electron chi connectivity index (χ4n) is 1.50. The standard InChI is InChI=1S/C12H7Cl3FNO/c1-18-10-4-6(9(16)5-17-10)11-7(13)2-3-8(14)12(11)15/h2-5H,1H3. The van der Waals surface area contributed by atoms with Gasteiger partial charge in [0.25, 0.3) is 0 Å². The molecule has 0 aliphatic heterocycles. The van der Waals surface area contributed by atoms with Crippen molar-refractivity contribution in [3.05, 3.63) is 45.3 Å². The number of pyridine rings is 1. The molecule has 2 rings (SSSR count). The predicted molar refractivity (Wildman–Crippen MR) is 71.2 cm³/mol. The molecule has 0 atom stereocenters. The van der Waals surface area contributed by atoms with Crippen LogP contribution in [0.4, 0.5) is 4.39 Å². The lowest BCUT2D eigenvalue weighted by Crippen LogP contribution is -1.93. The Morgan fingerprint density at radius 1 is 1.17 bits per heavy atom. The van der Waals surface area contributed by atoms with Gasteiger partial charge >= 0.3 is 0 Å². The molecule has 0 fully saturated rings. The third-order valence-electron chi connectivity index (χ3n) is 2.35. The van der Waals surface area contributed by atoms with Crippen molar-refractivity contribution in [2.24, 2.45) is 0 Å². The molecule has 0 amide bonds. The smallest absolute Gasteiger partial charge is 0.213 e. The summed E-state index contributed by atoms with van der Waals surface area (Å²) in [7, 11) is 1.44. The number of aromatic nitrogens is 1. The highest BCUT2D eigenvalue weighted by atomic mass is 35.5. The molecule has 0 spiro atoms. The minimum Gasteiger partial charge on any atom is -0.481 e. The lowest BCUT2D eigenvalue weighted by atomic mass is 10.1. The topological polar surface area (TPSA) is 22.1 Å². The van der Waals surface area contributed by atoms with E-state index in [0.717, 1.165) is 6.20 Å². The van der Waals surface area contributed by atoms with E-state index < -0.39 is 5.82 Å². The predicted octanol–water partition coefficient (Wildman–Crippen LogP) is 4.86. The molecule has 0 saturated heterocycles. The van der Waals surface area contributed by atoms with Gasteiger partial charge in [-0.25, -0.2) is 9.37 Å². The minimum absolute atomic E-state index is 0.191. The monoisotopic (exact) mass is 305 g/mol. The number of hydrogen-bond acceptors (Lipinski definition) is 2. The second kappa shape index (κ2) is 5.31. The lowest BCUT2D eigenvalue weighted by molar-refractivity contribution is 0.396. The average molecular weight is 307 g/mol. The molecule has 18 heavy (non-hydrogen) atoms. The van der Waals surface area contributed by atoms with Gasteiger partial charge in [-0.2, -0.15) is 0 Å². The average Bonchev–Trinajstić information content (AvgIpc) is 2.36. The van der Waals surface area contributed by atoms with E-state index in [-0.39, 0.29) is 16.5 Å². The van der Waals surface area contributed by atoms with Gasteiger partial charge in [0.15, 0.2) is 0 Å². The van der Waals surface area contributed by atoms with E-state index >= 15 is 0 Å². The molecule has 0 aliphatic carbocycles. The van der Waals surface area contributed by atoms with Crippen molar-refractivity contribution < 1.29 is 9.13 Å². The van der Waals surface area contributed by atoms with Gasteiger partial charge in [0.05, 0.1) is 28.4 Å². The zero-order chi connectivity index (χ0) is 13.3. The normalized spacial score (nSPS) is 10.5. The summed E-state index contributed by atoms with van der Waals surface area (Å²) in [4.78, 5) is 3.75. The number of methoxy groups -OCH3 is 1. The molecule has 94 valence electrons. The summed E-state index contributed by atoms with van der Waals surface area (Å²) in [6.07, 6.45) is 1.04. The Labute approximate surface area is 118 Å². The first-order valence-electron chi connectivity index (χ1n) is 4.88. The molecule has 0 unspecified atom stereocenters. The number of ether oxygens (including phenoxy) is 1. The Morgan fingerprint density at radius 2 is 1.83 bits per heavy atom. The van der Waals surface area contributed by atoms with Crippen LogP contribution in [0.3, 0.4) is 0 Å². The van der Waals surface area contributed by atoms with Gasteiger partial charge in [0.2, 0.25) is 5.88 Å². The first kappa shape index (κ1) is 13.4. The summed E-state index contributed by atoms with van der Waals surface area (Å²) in [6.45, 7) is 0. The summed E-state index contributed by atoms with van der Waals surface area (Å²) in [5.74, 6) is -0.291. The summed E-state index contributed by atoms with van der Waals surface area (Å²) >= 11 is 18.0. The Bertz CT molecular complexity index is 604. The van der Waals surface area contributed by atoms with E-state index in [4.69, 9.17) is 39.5 Å². The highest BCUT2D eigenvalue weighted by molar-refractivity contribution is 6.46. The van der Waals surface area contributed by atoms with Crippen LogP contribution in [0.15, 0.2) is 24.4 Å². The second-order valence-corrected chi connectivity index (χ2v) is 4.62. The first-order valence-corrected chi connectivity index (χ1v) is 6.01. The molecular formula is C12H7Cl3FNO. The third-order valence-corrected chi connectivity index (χ3v) is 3.47. The highest BCUT2D eigenvalue weighted by Crippen LogP contribution is 2.40. The Kier molecular flexibility index (Phi) is 3.95. The Hall–Kier alpha value is -1.03. The van der Waals surface area contributed by atoms with Gasteiger partial charge in [-0.1, -0.05) is 34.8 Å². The van der Waals surface area contributed by atoms with Gasteiger partial charge in [-0.3, -0.25) is 0 Å². The van der Waals surface area contributed by atoms with Gasteiger partial charge in [-0.15, -0.1) is 0 Å². The number of hydrogen-bond donors (Lipinski definition) is 0. The maximum Gasteiger partial charge on any atom is 0.213 e. The van der Waals surface area contributed by atoms with E-state index in [0.29, 0.717) is 15.6 Å². The molecule has 0 N–H and O–H groups in total. The van der Waals surface area contributed by atoms with Crippen LogP contribution >= 0.6 is 34.8 Å². The number of halogens is 4. The largest absolute Gasteiger partial charge is 0.481 e. The molecule has 1 heterocycles. The molecule has 1 aromatic carbocycles. The minimum atomic E-state index is -0.554. The summed E-state index contributed by atoms with van der Waals surface area (Å²) in [6, 6.07) is 4.52. The second-order valence-electron chi connectivity index (χ2n) is 3.42. The molecule has 2 nitrogen and oxygen atoms in total. The number of benzene rings is 1. The Balaban J connectivity index is 2.72. The van der Waals surface area contributed by atoms with Crippen LogP contribution in [0.25, 0.3) is 11.1 Å². The van der Waals surface area contributed by atoms with Crippen LogP contribution in [-0.2, 0) is 0 Å². The molecule has 2 aromatic rings. The van der Waals surface area contributed by atoms with Crippen LogP contribution in [0.5, 0.6) is 5.88 Å². The van der Waals surface area contributed by atoms with Crippen LogP contribution in [-0.4, -0.2) is 12.1 Å². The van der Waals surface area contributed by atoms with E-state index in [1.807, 2.05) is 0 Å². The van der Waals surface area contributed by atoms with Crippen LogP contribution < -0.4 is 4.74 Å². The van der Waals surface area contributed by atoms with E-state index in [9.17, 15) is 4.39 Å². The third kappa shape index (κ3) is 2.39. The SMILES string of the molecule is COc1cc(-c2c(Cl)ccc(Cl)c2Cl)c(F)cn1. The van der Waals surface area contributed by atoms with Crippen molar-refractivity contribution >= 4 is 34.8 Å². The lowest BCUT2D eigenvalue weighted by Gasteiger charge is -2.10. The van der Waals surface area contributed by atoms with Crippen molar-refractivity contribution in [3.63, 3.8) is 0 Å². The summed E-state index contributed by atoms with van der Waals surface area (Å²) < 4.78 is 18.7. The Morgan fingerprint density at radius 3 is 2.50 bits per heavy atom. The van der Waals surface area contributed by atoms with Crippen molar-refractivity contribution in [2.45, 2.75) is 0 Å². The molecular weight excluding hydrogens is 299 g/mol. The fourth-order valence-corrected chi connectivity index (χ4v) is 2.23. The van der Waals surface area contributed by atoms with Gasteiger partial charge < -0.3 is 4.74 Å². The van der Waals surface area contributed by atoms with Crippen LogP contribution in [0, 0.1) is 5.82 Å². The van der Waals surface area contributed by atoms with Crippen molar-refractivity contribution in [3.8, 4) is 17.0 Å². The van der Waals surface area contributed by atoms with Gasteiger partial charge in [-0.05, 0) is 12.1 Å². The fraction of sp³-hybridized carbons (Fsp3) is 0.0833. The number of rotatable bonds is 2. The quantitative estimate of drug-likeness (QED) is 0.739. The summed E-state index contributed by atoms with van der Waals surface area (Å²) in [5, 5.41) is 0.791. The molecule has 6 heteroatoms. The van der Waals surface area contributed by atoms with E-state index in [1.165, 1.54) is 13.2 Å². The summed E-state index contributed by atoms with van der Waals surface area (Å²) in [5.41, 5.74) is 0.517. The molecule has 1 aromatic heterocycles.